The van der Waals surface area contributed by atoms with Gasteiger partial charge in [0.1, 0.15) is 5.60 Å². The minimum Gasteiger partial charge on any atom is -0.444 e. The minimum atomic E-state index is -3.13. The van der Waals surface area contributed by atoms with Crippen molar-refractivity contribution in [2.45, 2.75) is 65.0 Å². The van der Waals surface area contributed by atoms with Gasteiger partial charge in [0.2, 0.25) is 10.0 Å². The first-order valence-electron chi connectivity index (χ1n) is 10.2. The maximum absolute atomic E-state index is 12.3. The summed E-state index contributed by atoms with van der Waals surface area (Å²) in [5, 5.41) is 0. The zero-order valence-electron chi connectivity index (χ0n) is 17.2. The Morgan fingerprint density at radius 1 is 1.26 bits per heavy atom. The first kappa shape index (κ1) is 20.9. The summed E-state index contributed by atoms with van der Waals surface area (Å²) in [5.74, 6) is 0.796. The van der Waals surface area contributed by atoms with Crippen LogP contribution in [0.2, 0.25) is 0 Å². The summed E-state index contributed by atoms with van der Waals surface area (Å²) in [4.78, 5) is 16.6. The maximum Gasteiger partial charge on any atom is 0.410 e. The molecule has 3 rings (SSSR count). The molecule has 1 aliphatic carbocycles. The molecule has 1 saturated carbocycles. The molecule has 2 atom stereocenters. The Morgan fingerprint density at radius 2 is 1.93 bits per heavy atom. The first-order valence-corrected chi connectivity index (χ1v) is 11.9. The molecule has 2 heterocycles. The van der Waals surface area contributed by atoms with E-state index < -0.39 is 15.6 Å². The summed E-state index contributed by atoms with van der Waals surface area (Å²) in [6.45, 7) is 12.0. The quantitative estimate of drug-likeness (QED) is 0.737. The van der Waals surface area contributed by atoms with Crippen LogP contribution in [0.25, 0.3) is 0 Å². The number of piperidine rings is 2. The van der Waals surface area contributed by atoms with E-state index in [0.717, 1.165) is 45.6 Å². The Labute approximate surface area is 163 Å². The smallest absolute Gasteiger partial charge is 0.410 e. The standard InChI is InChI=1S/C19H35N3O4S/c1-5-10-27(24,25)20-16-6-8-21(9-7-16)13-19-11-15(19)12-22(14-19)17(23)26-18(2,3)4/h15-16,20H,5-14H2,1-4H3/t15-,19-/m1/s1. The predicted octanol–water partition coefficient (Wildman–Crippen LogP) is 2.04. The second-order valence-electron chi connectivity index (χ2n) is 9.61. The van der Waals surface area contributed by atoms with Crippen LogP contribution in [0.1, 0.15) is 53.4 Å². The van der Waals surface area contributed by atoms with Crippen LogP contribution in [0.15, 0.2) is 0 Å². The Bertz CT molecular complexity index is 652. The van der Waals surface area contributed by atoms with E-state index in [1.807, 2.05) is 32.6 Å². The SMILES string of the molecule is CCCS(=O)(=O)NC1CCN(C[C@@]23C[C@@H]2CN(C(=O)OC(C)(C)C)C3)CC1. The summed E-state index contributed by atoms with van der Waals surface area (Å²) in [6, 6.07) is 0.0622. The number of carbonyl (C=O) groups excluding carboxylic acids is 1. The third kappa shape index (κ3) is 5.35. The van der Waals surface area contributed by atoms with Crippen molar-refractivity contribution in [2.75, 3.05) is 38.5 Å². The maximum atomic E-state index is 12.3. The summed E-state index contributed by atoms with van der Waals surface area (Å²) in [5.41, 5.74) is -0.227. The minimum absolute atomic E-state index is 0.0622. The zero-order chi connectivity index (χ0) is 19.9. The van der Waals surface area contributed by atoms with E-state index in [1.54, 1.807) is 0 Å². The molecule has 1 amide bonds. The number of likely N-dealkylation sites (tertiary alicyclic amines) is 2. The van der Waals surface area contributed by atoms with Crippen LogP contribution >= 0.6 is 0 Å². The lowest BCUT2D eigenvalue weighted by Gasteiger charge is -2.34. The van der Waals surface area contributed by atoms with E-state index >= 15 is 0 Å². The molecule has 2 aliphatic heterocycles. The van der Waals surface area contributed by atoms with Crippen molar-refractivity contribution in [2.24, 2.45) is 11.3 Å². The van der Waals surface area contributed by atoms with Gasteiger partial charge in [-0.25, -0.2) is 17.9 Å². The monoisotopic (exact) mass is 401 g/mol. The number of ether oxygens (including phenoxy) is 1. The molecule has 0 aromatic carbocycles. The van der Waals surface area contributed by atoms with Gasteiger partial charge < -0.3 is 14.5 Å². The molecule has 0 aromatic rings. The average Bonchev–Trinajstić information content (AvgIpc) is 3.07. The van der Waals surface area contributed by atoms with Crippen LogP contribution < -0.4 is 4.72 Å². The van der Waals surface area contributed by atoms with Crippen molar-refractivity contribution in [3.8, 4) is 0 Å². The Morgan fingerprint density at radius 3 is 2.52 bits per heavy atom. The highest BCUT2D eigenvalue weighted by molar-refractivity contribution is 7.89. The molecule has 0 bridgehead atoms. The van der Waals surface area contributed by atoms with Crippen LogP contribution in [-0.4, -0.2) is 74.4 Å². The number of carbonyl (C=O) groups is 1. The van der Waals surface area contributed by atoms with Gasteiger partial charge >= 0.3 is 6.09 Å². The van der Waals surface area contributed by atoms with Gasteiger partial charge in [0.05, 0.1) is 5.75 Å². The lowest BCUT2D eigenvalue weighted by Crippen LogP contribution is -2.47. The fraction of sp³-hybridized carbons (Fsp3) is 0.947. The van der Waals surface area contributed by atoms with Crippen molar-refractivity contribution in [3.63, 3.8) is 0 Å². The molecule has 0 unspecified atom stereocenters. The topological polar surface area (TPSA) is 79.0 Å². The van der Waals surface area contributed by atoms with Crippen LogP contribution in [0.5, 0.6) is 0 Å². The van der Waals surface area contributed by atoms with Gasteiger partial charge in [-0.1, -0.05) is 6.92 Å². The second-order valence-corrected chi connectivity index (χ2v) is 11.5. The molecule has 0 spiro atoms. The zero-order valence-corrected chi connectivity index (χ0v) is 18.0. The predicted molar refractivity (Wildman–Crippen MR) is 105 cm³/mol. The molecular formula is C19H35N3O4S. The van der Waals surface area contributed by atoms with E-state index in [2.05, 4.69) is 9.62 Å². The molecule has 2 saturated heterocycles. The van der Waals surface area contributed by atoms with E-state index in [1.165, 1.54) is 6.42 Å². The molecule has 0 aromatic heterocycles. The van der Waals surface area contributed by atoms with E-state index in [4.69, 9.17) is 4.74 Å². The van der Waals surface area contributed by atoms with Gasteiger partial charge in [-0.3, -0.25) is 0 Å². The van der Waals surface area contributed by atoms with Crippen LogP contribution in [0.4, 0.5) is 4.79 Å². The first-order chi connectivity index (χ1) is 12.5. The van der Waals surface area contributed by atoms with Gasteiger partial charge in [0.15, 0.2) is 0 Å². The normalized spacial score (nSPS) is 29.6. The average molecular weight is 402 g/mol. The van der Waals surface area contributed by atoms with Crippen molar-refractivity contribution in [1.82, 2.24) is 14.5 Å². The Balaban J connectivity index is 1.44. The molecule has 3 aliphatic rings. The summed E-state index contributed by atoms with van der Waals surface area (Å²) < 4.78 is 32.2. The summed E-state index contributed by atoms with van der Waals surface area (Å²) in [7, 11) is -3.13. The Hall–Kier alpha value is -0.860. The number of hydrogen-bond donors (Lipinski definition) is 1. The number of hydrogen-bond acceptors (Lipinski definition) is 5. The summed E-state index contributed by atoms with van der Waals surface area (Å²) >= 11 is 0. The lowest BCUT2D eigenvalue weighted by atomic mass is 10.0. The van der Waals surface area contributed by atoms with Crippen molar-refractivity contribution in [3.05, 3.63) is 0 Å². The summed E-state index contributed by atoms with van der Waals surface area (Å²) in [6.07, 6.45) is 3.36. The highest BCUT2D eigenvalue weighted by Gasteiger charge is 2.61. The number of rotatable bonds is 6. The third-order valence-electron chi connectivity index (χ3n) is 5.90. The number of nitrogens with one attached hydrogen (secondary N) is 1. The number of sulfonamides is 1. The van der Waals surface area contributed by atoms with Crippen LogP contribution in [0, 0.1) is 11.3 Å². The molecule has 8 heteroatoms. The van der Waals surface area contributed by atoms with Gasteiger partial charge in [0.25, 0.3) is 0 Å². The number of fused-ring (bicyclic) bond motifs is 1. The van der Waals surface area contributed by atoms with Gasteiger partial charge in [0, 0.05) is 31.1 Å². The highest BCUT2D eigenvalue weighted by atomic mass is 32.2. The number of amides is 1. The largest absolute Gasteiger partial charge is 0.444 e. The lowest BCUT2D eigenvalue weighted by molar-refractivity contribution is 0.0253. The van der Waals surface area contributed by atoms with Gasteiger partial charge in [-0.2, -0.15) is 0 Å². The van der Waals surface area contributed by atoms with Gasteiger partial charge in [-0.05, 0) is 65.5 Å². The molecule has 7 nitrogen and oxygen atoms in total. The van der Waals surface area contributed by atoms with Crippen LogP contribution in [0.3, 0.4) is 0 Å². The molecule has 27 heavy (non-hydrogen) atoms. The van der Waals surface area contributed by atoms with E-state index in [-0.39, 0.29) is 23.3 Å². The van der Waals surface area contributed by atoms with E-state index in [9.17, 15) is 13.2 Å². The number of nitrogens with zero attached hydrogens (tertiary/aromatic N) is 2. The third-order valence-corrected chi connectivity index (χ3v) is 7.54. The second kappa shape index (κ2) is 7.52. The van der Waals surface area contributed by atoms with Crippen molar-refractivity contribution in [1.29, 1.82) is 0 Å². The highest BCUT2D eigenvalue weighted by Crippen LogP contribution is 2.58. The van der Waals surface area contributed by atoms with Gasteiger partial charge in [-0.15, -0.1) is 0 Å². The van der Waals surface area contributed by atoms with Crippen LogP contribution in [-0.2, 0) is 14.8 Å². The molecular weight excluding hydrogens is 366 g/mol. The van der Waals surface area contributed by atoms with Crippen molar-refractivity contribution >= 4 is 16.1 Å². The molecule has 0 radical (unpaired) electrons. The fourth-order valence-electron chi connectivity index (χ4n) is 4.54. The van der Waals surface area contributed by atoms with E-state index in [0.29, 0.717) is 12.3 Å². The fourth-order valence-corrected chi connectivity index (χ4v) is 5.94. The Kier molecular flexibility index (Phi) is 5.81. The molecule has 156 valence electrons. The van der Waals surface area contributed by atoms with Crippen molar-refractivity contribution < 1.29 is 17.9 Å². The molecule has 3 fully saturated rings. The molecule has 1 N–H and O–H groups in total.